The Labute approximate surface area is 131 Å². The topological polar surface area (TPSA) is 0 Å². The summed E-state index contributed by atoms with van der Waals surface area (Å²) in [5.74, 6) is 0. The van der Waals surface area contributed by atoms with Crippen molar-refractivity contribution in [3.05, 3.63) is 80.1 Å². The van der Waals surface area contributed by atoms with Gasteiger partial charge in [-0.3, -0.25) is 0 Å². The first-order chi connectivity index (χ1) is 9.31. The summed E-state index contributed by atoms with van der Waals surface area (Å²) in [6, 6.07) is 23.8. The van der Waals surface area contributed by atoms with E-state index in [1.165, 1.54) is 24.5 Å². The lowest BCUT2D eigenvalue weighted by atomic mass is 10.0. The molecule has 0 bridgehead atoms. The number of thiophene rings is 1. The Hall–Kier alpha value is -1.13. The lowest BCUT2D eigenvalue weighted by molar-refractivity contribution is 1.24. The van der Waals surface area contributed by atoms with Gasteiger partial charge in [0.25, 0.3) is 0 Å². The predicted octanol–water partition coefficient (Wildman–Crippen LogP) is 5.61. The van der Waals surface area contributed by atoms with Crippen LogP contribution in [0.4, 0.5) is 0 Å². The van der Waals surface area contributed by atoms with E-state index in [0.29, 0.717) is 0 Å². The second kappa shape index (κ2) is 5.88. The molecule has 94 valence electrons. The van der Waals surface area contributed by atoms with Gasteiger partial charge in [0.2, 0.25) is 0 Å². The van der Waals surface area contributed by atoms with E-state index in [-0.39, 0.29) is 0 Å². The zero-order valence-electron chi connectivity index (χ0n) is 10.3. The summed E-state index contributed by atoms with van der Waals surface area (Å²) in [6.07, 6.45) is 1.03. The van der Waals surface area contributed by atoms with Crippen LogP contribution in [0.5, 0.6) is 0 Å². The van der Waals surface area contributed by atoms with E-state index < -0.39 is 0 Å². The summed E-state index contributed by atoms with van der Waals surface area (Å²) >= 11 is 4.24. The monoisotopic (exact) mass is 376 g/mol. The minimum Gasteiger partial charge on any atom is -0.134 e. The average molecular weight is 376 g/mol. The second-order valence-electron chi connectivity index (χ2n) is 4.45. The molecule has 0 nitrogen and oxygen atoms in total. The van der Waals surface area contributed by atoms with Gasteiger partial charge in [0.15, 0.2) is 0 Å². The second-order valence-corrected chi connectivity index (χ2v) is 7.51. The SMILES string of the molecule is Ic1ccc(Cc2ccc(-c3ccccc3)cc2)s1. The van der Waals surface area contributed by atoms with E-state index in [4.69, 9.17) is 0 Å². The molecule has 2 heteroatoms. The Morgan fingerprint density at radius 3 is 2.05 bits per heavy atom. The van der Waals surface area contributed by atoms with Gasteiger partial charge in [-0.2, -0.15) is 0 Å². The average Bonchev–Trinajstić information content (AvgIpc) is 2.86. The fourth-order valence-corrected chi connectivity index (χ4v) is 3.88. The van der Waals surface area contributed by atoms with Crippen LogP contribution in [-0.2, 0) is 6.42 Å². The van der Waals surface area contributed by atoms with Gasteiger partial charge in [0.1, 0.15) is 0 Å². The predicted molar refractivity (Wildman–Crippen MR) is 91.7 cm³/mol. The van der Waals surface area contributed by atoms with E-state index in [1.54, 1.807) is 0 Å². The molecule has 0 aliphatic rings. The molecule has 0 saturated heterocycles. The van der Waals surface area contributed by atoms with Crippen LogP contribution >= 0.6 is 33.9 Å². The maximum absolute atomic E-state index is 2.37. The van der Waals surface area contributed by atoms with Gasteiger partial charge in [-0.25, -0.2) is 0 Å². The van der Waals surface area contributed by atoms with Crippen LogP contribution in [0.25, 0.3) is 11.1 Å². The molecule has 0 fully saturated rings. The standard InChI is InChI=1S/C17H13IS/c18-17-11-10-16(19-17)12-13-6-8-15(9-7-13)14-4-2-1-3-5-14/h1-11H,12H2. The van der Waals surface area contributed by atoms with Crippen molar-refractivity contribution >= 4 is 33.9 Å². The van der Waals surface area contributed by atoms with E-state index >= 15 is 0 Å². The lowest BCUT2D eigenvalue weighted by Crippen LogP contribution is -1.84. The normalized spacial score (nSPS) is 10.6. The van der Waals surface area contributed by atoms with E-state index in [1.807, 2.05) is 11.3 Å². The molecular formula is C17H13IS. The molecule has 0 saturated carbocycles. The third-order valence-electron chi connectivity index (χ3n) is 3.07. The van der Waals surface area contributed by atoms with Gasteiger partial charge in [0, 0.05) is 11.3 Å². The molecule has 0 atom stereocenters. The first-order valence-electron chi connectivity index (χ1n) is 6.20. The molecule has 0 unspecified atom stereocenters. The van der Waals surface area contributed by atoms with Crippen LogP contribution in [0.1, 0.15) is 10.4 Å². The van der Waals surface area contributed by atoms with Gasteiger partial charge in [0.05, 0.1) is 2.88 Å². The third kappa shape index (κ3) is 3.25. The van der Waals surface area contributed by atoms with E-state index in [0.717, 1.165) is 6.42 Å². The molecular weight excluding hydrogens is 363 g/mol. The first-order valence-corrected chi connectivity index (χ1v) is 8.09. The van der Waals surface area contributed by atoms with E-state index in [2.05, 4.69) is 89.3 Å². The Bertz CT molecular complexity index is 653. The van der Waals surface area contributed by atoms with Crippen molar-refractivity contribution in [3.8, 4) is 11.1 Å². The summed E-state index contributed by atoms with van der Waals surface area (Å²) in [4.78, 5) is 1.43. The van der Waals surface area contributed by atoms with Crippen molar-refractivity contribution in [2.45, 2.75) is 6.42 Å². The molecule has 0 amide bonds. The molecule has 0 aliphatic carbocycles. The van der Waals surface area contributed by atoms with Crippen LogP contribution in [0, 0.1) is 2.88 Å². The maximum Gasteiger partial charge on any atom is 0.0656 e. The molecule has 0 spiro atoms. The zero-order valence-corrected chi connectivity index (χ0v) is 13.3. The largest absolute Gasteiger partial charge is 0.134 e. The third-order valence-corrected chi connectivity index (χ3v) is 4.96. The number of hydrogen-bond donors (Lipinski definition) is 0. The summed E-state index contributed by atoms with van der Waals surface area (Å²) in [6.45, 7) is 0. The van der Waals surface area contributed by atoms with Gasteiger partial charge >= 0.3 is 0 Å². The van der Waals surface area contributed by atoms with Gasteiger partial charge in [-0.1, -0.05) is 54.6 Å². The van der Waals surface area contributed by atoms with Gasteiger partial charge in [-0.15, -0.1) is 11.3 Å². The Balaban J connectivity index is 1.79. The van der Waals surface area contributed by atoms with Gasteiger partial charge < -0.3 is 0 Å². The summed E-state index contributed by atoms with van der Waals surface area (Å²) < 4.78 is 1.36. The Morgan fingerprint density at radius 1 is 0.737 bits per heavy atom. The van der Waals surface area contributed by atoms with Crippen LogP contribution in [0.2, 0.25) is 0 Å². The number of benzene rings is 2. The van der Waals surface area contributed by atoms with Crippen molar-refractivity contribution in [1.29, 1.82) is 0 Å². The highest BCUT2D eigenvalue weighted by molar-refractivity contribution is 14.1. The molecule has 0 radical (unpaired) electrons. The number of rotatable bonds is 3. The smallest absolute Gasteiger partial charge is 0.0656 e. The van der Waals surface area contributed by atoms with E-state index in [9.17, 15) is 0 Å². The molecule has 2 aromatic carbocycles. The molecule has 0 N–H and O–H groups in total. The van der Waals surface area contributed by atoms with Crippen molar-refractivity contribution in [2.75, 3.05) is 0 Å². The number of halogens is 1. The highest BCUT2D eigenvalue weighted by atomic mass is 127. The molecule has 3 aromatic rings. The number of hydrogen-bond acceptors (Lipinski definition) is 1. The highest BCUT2D eigenvalue weighted by Gasteiger charge is 2.01. The lowest BCUT2D eigenvalue weighted by Gasteiger charge is -2.03. The summed E-state index contributed by atoms with van der Waals surface area (Å²) in [5.41, 5.74) is 3.93. The maximum atomic E-state index is 2.37. The quantitative estimate of drug-likeness (QED) is 0.521. The molecule has 1 aromatic heterocycles. The Kier molecular flexibility index (Phi) is 3.99. The molecule has 19 heavy (non-hydrogen) atoms. The summed E-state index contributed by atoms with van der Waals surface area (Å²) in [7, 11) is 0. The molecule has 0 aliphatic heterocycles. The summed E-state index contributed by atoms with van der Waals surface area (Å²) in [5, 5.41) is 0. The molecule has 1 heterocycles. The van der Waals surface area contributed by atoms with Crippen LogP contribution in [-0.4, -0.2) is 0 Å². The van der Waals surface area contributed by atoms with Crippen molar-refractivity contribution < 1.29 is 0 Å². The van der Waals surface area contributed by atoms with Crippen molar-refractivity contribution in [1.82, 2.24) is 0 Å². The van der Waals surface area contributed by atoms with Crippen LogP contribution in [0.15, 0.2) is 66.7 Å². The van der Waals surface area contributed by atoms with Crippen molar-refractivity contribution in [3.63, 3.8) is 0 Å². The Morgan fingerprint density at radius 2 is 1.42 bits per heavy atom. The van der Waals surface area contributed by atoms with Crippen molar-refractivity contribution in [2.24, 2.45) is 0 Å². The first kappa shape index (κ1) is 12.9. The van der Waals surface area contributed by atoms with Gasteiger partial charge in [-0.05, 0) is 51.4 Å². The minimum absolute atomic E-state index is 1.03. The fraction of sp³-hybridized carbons (Fsp3) is 0.0588. The highest BCUT2D eigenvalue weighted by Crippen LogP contribution is 2.23. The zero-order chi connectivity index (χ0) is 13.1. The fourth-order valence-electron chi connectivity index (χ4n) is 2.09. The minimum atomic E-state index is 1.03. The van der Waals surface area contributed by atoms with Crippen LogP contribution < -0.4 is 0 Å². The van der Waals surface area contributed by atoms with Crippen LogP contribution in [0.3, 0.4) is 0 Å². The molecule has 3 rings (SSSR count).